The smallest absolute Gasteiger partial charge is 0.384 e. The number of fused-ring (bicyclic) bond motifs is 1. The molecule has 0 spiro atoms. The maximum absolute atomic E-state index is 13.7. The van der Waals surface area contributed by atoms with Gasteiger partial charge in [-0.2, -0.15) is 13.2 Å². The summed E-state index contributed by atoms with van der Waals surface area (Å²) in [6.45, 7) is 1.90. The first-order valence-corrected chi connectivity index (χ1v) is 7.92. The predicted molar refractivity (Wildman–Crippen MR) is 89.7 cm³/mol. The summed E-state index contributed by atoms with van der Waals surface area (Å²) < 4.78 is 43.0. The summed E-state index contributed by atoms with van der Waals surface area (Å²) in [5, 5.41) is 14.3. The molecule has 3 N–H and O–H groups in total. The van der Waals surface area contributed by atoms with Gasteiger partial charge in [0.25, 0.3) is 0 Å². The van der Waals surface area contributed by atoms with E-state index in [1.807, 2.05) is 19.1 Å². The highest BCUT2D eigenvalue weighted by molar-refractivity contribution is 5.85. The molecule has 0 saturated heterocycles. The van der Waals surface area contributed by atoms with Gasteiger partial charge in [0.05, 0.1) is 17.2 Å². The van der Waals surface area contributed by atoms with Crippen LogP contribution >= 0.6 is 0 Å². The van der Waals surface area contributed by atoms with Crippen LogP contribution < -0.4 is 10.4 Å². The Hall–Kier alpha value is -3.50. The number of H-pyrrole nitrogens is 1. The van der Waals surface area contributed by atoms with Crippen molar-refractivity contribution < 1.29 is 17.9 Å². The summed E-state index contributed by atoms with van der Waals surface area (Å²) in [6, 6.07) is 8.12. The SMILES string of the molecule is Cc1ccc(-c2cc(C(F)(F)F)[n+](C3=NN=C(N)Cc4ncnn43)[nH]2)cc1. The van der Waals surface area contributed by atoms with Gasteiger partial charge in [0.15, 0.2) is 6.33 Å². The molecule has 0 aliphatic carbocycles. The van der Waals surface area contributed by atoms with E-state index in [4.69, 9.17) is 5.73 Å². The highest BCUT2D eigenvalue weighted by Gasteiger charge is 2.42. The van der Waals surface area contributed by atoms with E-state index in [-0.39, 0.29) is 23.9 Å². The van der Waals surface area contributed by atoms with Crippen LogP contribution in [0.4, 0.5) is 13.2 Å². The molecule has 3 aromatic rings. The molecular weight excluding hydrogens is 361 g/mol. The highest BCUT2D eigenvalue weighted by atomic mass is 19.4. The van der Waals surface area contributed by atoms with Crippen molar-refractivity contribution in [2.75, 3.05) is 0 Å². The highest BCUT2D eigenvalue weighted by Crippen LogP contribution is 2.29. The van der Waals surface area contributed by atoms with E-state index in [9.17, 15) is 13.2 Å². The minimum atomic E-state index is -4.63. The normalized spacial score (nSPS) is 14.4. The second-order valence-corrected chi connectivity index (χ2v) is 6.01. The van der Waals surface area contributed by atoms with Crippen LogP contribution in [-0.2, 0) is 12.6 Å². The number of nitrogens with two attached hydrogens (primary N) is 1. The van der Waals surface area contributed by atoms with Gasteiger partial charge in [0.1, 0.15) is 5.84 Å². The molecule has 1 aliphatic heterocycles. The number of hydrogen-bond donors (Lipinski definition) is 2. The van der Waals surface area contributed by atoms with Crippen LogP contribution in [0.5, 0.6) is 0 Å². The average Bonchev–Trinajstić information content (AvgIpc) is 3.21. The largest absolute Gasteiger partial charge is 0.469 e. The van der Waals surface area contributed by atoms with Crippen LogP contribution in [0.2, 0.25) is 0 Å². The van der Waals surface area contributed by atoms with Gasteiger partial charge in [-0.3, -0.25) is 0 Å². The number of nitrogens with one attached hydrogen (secondary N) is 1. The van der Waals surface area contributed by atoms with Gasteiger partial charge in [0.2, 0.25) is 11.5 Å². The van der Waals surface area contributed by atoms with Crippen LogP contribution in [-0.4, -0.2) is 31.7 Å². The summed E-state index contributed by atoms with van der Waals surface area (Å²) in [6.07, 6.45) is -3.29. The third-order valence-electron chi connectivity index (χ3n) is 4.02. The lowest BCUT2D eigenvalue weighted by Crippen LogP contribution is -2.54. The van der Waals surface area contributed by atoms with E-state index in [0.29, 0.717) is 11.4 Å². The van der Waals surface area contributed by atoms with Crippen LogP contribution in [0.15, 0.2) is 46.9 Å². The first kappa shape index (κ1) is 16.9. The molecule has 0 atom stereocenters. The molecule has 138 valence electrons. The standard InChI is InChI=1S/C16H13F3N8/c1-9-2-4-10(5-3-9)11-6-12(16(17,18)19)26(25-11)15-24-23-13(20)7-14-21-8-22-27(14)15/h2-6,8H,7H2,1H3,(H2,20,23)/p+1. The Morgan fingerprint density at radius 3 is 2.63 bits per heavy atom. The predicted octanol–water partition coefficient (Wildman–Crippen LogP) is 1.47. The Labute approximate surface area is 150 Å². The van der Waals surface area contributed by atoms with Crippen LogP contribution in [0.25, 0.3) is 11.3 Å². The van der Waals surface area contributed by atoms with Crippen LogP contribution in [0, 0.1) is 6.92 Å². The van der Waals surface area contributed by atoms with Gasteiger partial charge in [-0.05, 0) is 6.92 Å². The number of alkyl halides is 3. The number of rotatable bonds is 1. The van der Waals surface area contributed by atoms with E-state index < -0.39 is 11.9 Å². The number of benzene rings is 1. The molecule has 0 bridgehead atoms. The molecule has 2 aromatic heterocycles. The molecule has 0 unspecified atom stereocenters. The Morgan fingerprint density at radius 1 is 1.19 bits per heavy atom. The lowest BCUT2D eigenvalue weighted by atomic mass is 10.1. The van der Waals surface area contributed by atoms with Gasteiger partial charge < -0.3 is 5.73 Å². The molecule has 3 heterocycles. The van der Waals surface area contributed by atoms with Crippen LogP contribution in [0.1, 0.15) is 17.1 Å². The van der Waals surface area contributed by atoms with E-state index >= 15 is 0 Å². The molecule has 1 aromatic carbocycles. The van der Waals surface area contributed by atoms with Crippen molar-refractivity contribution in [3.05, 3.63) is 53.7 Å². The molecule has 27 heavy (non-hydrogen) atoms. The maximum Gasteiger partial charge on any atom is 0.469 e. The lowest BCUT2D eigenvalue weighted by molar-refractivity contribution is -0.642. The number of aromatic nitrogens is 5. The minimum Gasteiger partial charge on any atom is -0.384 e. The lowest BCUT2D eigenvalue weighted by Gasteiger charge is -2.05. The van der Waals surface area contributed by atoms with E-state index in [0.717, 1.165) is 16.3 Å². The second kappa shape index (κ2) is 6.04. The number of halogens is 3. The van der Waals surface area contributed by atoms with Crippen molar-refractivity contribution in [1.82, 2.24) is 19.9 Å². The fourth-order valence-electron chi connectivity index (χ4n) is 2.70. The van der Waals surface area contributed by atoms with E-state index in [1.165, 1.54) is 11.0 Å². The Morgan fingerprint density at radius 2 is 1.93 bits per heavy atom. The van der Waals surface area contributed by atoms with Crippen LogP contribution in [0.3, 0.4) is 0 Å². The molecular formula is C16H14F3N8+. The number of aryl methyl sites for hydroxylation is 1. The minimum absolute atomic E-state index is 0.124. The summed E-state index contributed by atoms with van der Waals surface area (Å²) in [5.74, 6) is 0.256. The number of hydrogen-bond acceptors (Lipinski definition) is 5. The molecule has 4 rings (SSSR count). The summed E-state index contributed by atoms with van der Waals surface area (Å²) in [5.41, 5.74) is 6.62. The van der Waals surface area contributed by atoms with Crippen molar-refractivity contribution in [2.45, 2.75) is 19.5 Å². The zero-order chi connectivity index (χ0) is 19.2. The first-order valence-electron chi connectivity index (χ1n) is 7.92. The van der Waals surface area contributed by atoms with Crippen molar-refractivity contribution in [1.29, 1.82) is 0 Å². The fraction of sp³-hybridized carbons (Fsp3) is 0.188. The summed E-state index contributed by atoms with van der Waals surface area (Å²) in [4.78, 5) is 4.01. The van der Waals surface area contributed by atoms with Crippen molar-refractivity contribution in [3.8, 4) is 11.3 Å². The Balaban J connectivity index is 1.91. The summed E-state index contributed by atoms with van der Waals surface area (Å²) in [7, 11) is 0. The fourth-order valence-corrected chi connectivity index (χ4v) is 2.70. The average molecular weight is 375 g/mol. The number of aromatic amines is 1. The monoisotopic (exact) mass is 375 g/mol. The second-order valence-electron chi connectivity index (χ2n) is 6.01. The Kier molecular flexibility index (Phi) is 3.79. The third kappa shape index (κ3) is 3.07. The van der Waals surface area contributed by atoms with Gasteiger partial charge in [-0.15, -0.1) is 4.68 Å². The van der Waals surface area contributed by atoms with E-state index in [2.05, 4.69) is 25.4 Å². The Bertz CT molecular complexity index is 1060. The maximum atomic E-state index is 13.7. The zero-order valence-corrected chi connectivity index (χ0v) is 14.1. The van der Waals surface area contributed by atoms with Gasteiger partial charge in [-0.1, -0.05) is 44.7 Å². The van der Waals surface area contributed by atoms with E-state index in [1.54, 1.807) is 12.1 Å². The summed E-state index contributed by atoms with van der Waals surface area (Å²) >= 11 is 0. The first-order chi connectivity index (χ1) is 12.8. The molecule has 8 nitrogen and oxygen atoms in total. The zero-order valence-electron chi connectivity index (χ0n) is 14.1. The third-order valence-corrected chi connectivity index (χ3v) is 4.02. The molecule has 11 heteroatoms. The topological polar surface area (TPSA) is 101 Å². The molecule has 0 radical (unpaired) electrons. The quantitative estimate of drug-likeness (QED) is 0.630. The van der Waals surface area contributed by atoms with Crippen molar-refractivity contribution in [3.63, 3.8) is 0 Å². The molecule has 0 fully saturated rings. The van der Waals surface area contributed by atoms with Crippen molar-refractivity contribution in [2.24, 2.45) is 15.9 Å². The molecule has 1 aliphatic rings. The molecule has 0 saturated carbocycles. The molecule has 0 amide bonds. The number of amidine groups is 1. The van der Waals surface area contributed by atoms with Crippen molar-refractivity contribution >= 4 is 11.8 Å². The van der Waals surface area contributed by atoms with Gasteiger partial charge >= 0.3 is 12.1 Å². The number of nitrogens with zero attached hydrogens (tertiary/aromatic N) is 6. The van der Waals surface area contributed by atoms with Gasteiger partial charge in [-0.25, -0.2) is 10.1 Å². The van der Waals surface area contributed by atoms with Gasteiger partial charge in [0, 0.05) is 11.6 Å².